The first-order valence-electron chi connectivity index (χ1n) is 4.60. The van der Waals surface area contributed by atoms with Gasteiger partial charge in [-0.1, -0.05) is 23.2 Å². The summed E-state index contributed by atoms with van der Waals surface area (Å²) in [5.74, 6) is -0.241. The third-order valence-corrected chi connectivity index (χ3v) is 2.78. The molecule has 0 aromatic carbocycles. The van der Waals surface area contributed by atoms with E-state index in [0.717, 1.165) is 5.56 Å². The standard InChI is InChI=1S/C10H9Cl2N3O/c11-7-3-8(15-9(7)12)10(16)14-5-6-1-2-13-4-6/h1-4,13,15H,5H2,(H,14,16). The molecule has 0 atom stereocenters. The number of halogens is 2. The van der Waals surface area contributed by atoms with Crippen LogP contribution in [0.2, 0.25) is 10.2 Å². The molecule has 0 fully saturated rings. The topological polar surface area (TPSA) is 60.7 Å². The molecule has 6 heteroatoms. The summed E-state index contributed by atoms with van der Waals surface area (Å²) in [5.41, 5.74) is 1.35. The van der Waals surface area contributed by atoms with Gasteiger partial charge in [-0.3, -0.25) is 4.79 Å². The van der Waals surface area contributed by atoms with Crippen molar-refractivity contribution in [2.75, 3.05) is 0 Å². The van der Waals surface area contributed by atoms with Crippen LogP contribution in [0.4, 0.5) is 0 Å². The predicted octanol–water partition coefficient (Wildman–Crippen LogP) is 2.58. The Morgan fingerprint density at radius 1 is 1.44 bits per heavy atom. The van der Waals surface area contributed by atoms with Crippen molar-refractivity contribution in [3.63, 3.8) is 0 Å². The molecule has 2 aromatic heterocycles. The first-order chi connectivity index (χ1) is 7.66. The van der Waals surface area contributed by atoms with Gasteiger partial charge in [-0.15, -0.1) is 0 Å². The molecule has 1 amide bonds. The average molecular weight is 258 g/mol. The van der Waals surface area contributed by atoms with Crippen LogP contribution < -0.4 is 5.32 Å². The maximum atomic E-state index is 11.6. The molecule has 0 aliphatic carbocycles. The smallest absolute Gasteiger partial charge is 0.268 e. The van der Waals surface area contributed by atoms with E-state index < -0.39 is 0 Å². The number of rotatable bonds is 3. The number of carbonyl (C=O) groups is 1. The van der Waals surface area contributed by atoms with E-state index in [0.29, 0.717) is 17.3 Å². The van der Waals surface area contributed by atoms with Gasteiger partial charge in [0.25, 0.3) is 5.91 Å². The minimum absolute atomic E-state index is 0.241. The maximum Gasteiger partial charge on any atom is 0.268 e. The fourth-order valence-corrected chi connectivity index (χ4v) is 1.59. The number of hydrogen-bond acceptors (Lipinski definition) is 1. The Morgan fingerprint density at radius 3 is 2.81 bits per heavy atom. The summed E-state index contributed by atoms with van der Waals surface area (Å²) in [6, 6.07) is 3.38. The molecule has 0 spiro atoms. The highest BCUT2D eigenvalue weighted by molar-refractivity contribution is 6.41. The fourth-order valence-electron chi connectivity index (χ4n) is 1.27. The SMILES string of the molecule is O=C(NCc1cc[nH]c1)c1cc(Cl)c(Cl)[nH]1. The summed E-state index contributed by atoms with van der Waals surface area (Å²) in [5, 5.41) is 3.35. The van der Waals surface area contributed by atoms with E-state index in [4.69, 9.17) is 23.2 Å². The molecule has 0 radical (unpaired) electrons. The Hall–Kier alpha value is -1.39. The lowest BCUT2D eigenvalue weighted by atomic mass is 10.3. The van der Waals surface area contributed by atoms with Gasteiger partial charge in [0.15, 0.2) is 0 Å². The first-order valence-corrected chi connectivity index (χ1v) is 5.36. The van der Waals surface area contributed by atoms with E-state index in [1.54, 1.807) is 6.20 Å². The Kier molecular flexibility index (Phi) is 3.22. The summed E-state index contributed by atoms with van der Waals surface area (Å²) in [4.78, 5) is 17.2. The van der Waals surface area contributed by atoms with Gasteiger partial charge in [-0.25, -0.2) is 0 Å². The highest BCUT2D eigenvalue weighted by atomic mass is 35.5. The van der Waals surface area contributed by atoms with E-state index in [9.17, 15) is 4.79 Å². The van der Waals surface area contributed by atoms with Crippen LogP contribution in [0.3, 0.4) is 0 Å². The van der Waals surface area contributed by atoms with Crippen LogP contribution in [0, 0.1) is 0 Å². The van der Waals surface area contributed by atoms with Crippen molar-refractivity contribution in [2.45, 2.75) is 6.54 Å². The van der Waals surface area contributed by atoms with E-state index in [1.807, 2.05) is 12.3 Å². The number of hydrogen-bond donors (Lipinski definition) is 3. The molecular formula is C10H9Cl2N3O. The number of carbonyl (C=O) groups excluding carboxylic acids is 1. The normalized spacial score (nSPS) is 10.4. The van der Waals surface area contributed by atoms with Gasteiger partial charge in [-0.05, 0) is 17.7 Å². The molecule has 2 heterocycles. The summed E-state index contributed by atoms with van der Waals surface area (Å²) in [7, 11) is 0. The van der Waals surface area contributed by atoms with E-state index in [2.05, 4.69) is 15.3 Å². The second kappa shape index (κ2) is 4.63. The summed E-state index contributed by atoms with van der Waals surface area (Å²) in [6.45, 7) is 0.455. The molecule has 84 valence electrons. The summed E-state index contributed by atoms with van der Waals surface area (Å²) in [6.07, 6.45) is 3.61. The van der Waals surface area contributed by atoms with Crippen LogP contribution in [0.25, 0.3) is 0 Å². The molecular weight excluding hydrogens is 249 g/mol. The second-order valence-electron chi connectivity index (χ2n) is 3.25. The quantitative estimate of drug-likeness (QED) is 0.778. The van der Waals surface area contributed by atoms with Gasteiger partial charge in [0, 0.05) is 18.9 Å². The zero-order valence-electron chi connectivity index (χ0n) is 8.18. The Bertz CT molecular complexity index is 471. The maximum absolute atomic E-state index is 11.6. The van der Waals surface area contributed by atoms with Crippen LogP contribution in [0.5, 0.6) is 0 Å². The number of aromatic nitrogens is 2. The van der Waals surface area contributed by atoms with Crippen molar-refractivity contribution >= 4 is 29.1 Å². The Labute approximate surface area is 102 Å². The lowest BCUT2D eigenvalue weighted by Gasteiger charge is -2.00. The Balaban J connectivity index is 1.98. The molecule has 0 saturated carbocycles. The lowest BCUT2D eigenvalue weighted by Crippen LogP contribution is -2.22. The second-order valence-corrected chi connectivity index (χ2v) is 4.03. The number of aromatic amines is 2. The lowest BCUT2D eigenvalue weighted by molar-refractivity contribution is 0.0946. The molecule has 0 bridgehead atoms. The highest BCUT2D eigenvalue weighted by Crippen LogP contribution is 2.21. The number of nitrogens with one attached hydrogen (secondary N) is 3. The van der Waals surface area contributed by atoms with Crippen molar-refractivity contribution in [2.24, 2.45) is 0 Å². The minimum Gasteiger partial charge on any atom is -0.367 e. The molecule has 2 rings (SSSR count). The minimum atomic E-state index is -0.241. The van der Waals surface area contributed by atoms with Crippen LogP contribution in [0.1, 0.15) is 16.1 Å². The van der Waals surface area contributed by atoms with E-state index in [1.165, 1.54) is 6.07 Å². The third kappa shape index (κ3) is 2.40. The molecule has 0 aliphatic heterocycles. The molecule has 2 aromatic rings. The summed E-state index contributed by atoms with van der Waals surface area (Å²) < 4.78 is 0. The van der Waals surface area contributed by atoms with E-state index in [-0.39, 0.29) is 11.1 Å². The van der Waals surface area contributed by atoms with Crippen LogP contribution in [-0.2, 0) is 6.54 Å². The monoisotopic (exact) mass is 257 g/mol. The first kappa shape index (κ1) is 11.1. The molecule has 4 nitrogen and oxygen atoms in total. The van der Waals surface area contributed by atoms with Crippen molar-refractivity contribution in [3.05, 3.63) is 46.0 Å². The van der Waals surface area contributed by atoms with Gasteiger partial charge in [0.05, 0.1) is 5.02 Å². The summed E-state index contributed by atoms with van der Waals surface area (Å²) >= 11 is 11.4. The van der Waals surface area contributed by atoms with Crippen molar-refractivity contribution in [3.8, 4) is 0 Å². The van der Waals surface area contributed by atoms with Crippen molar-refractivity contribution in [1.82, 2.24) is 15.3 Å². The van der Waals surface area contributed by atoms with Gasteiger partial charge < -0.3 is 15.3 Å². The fraction of sp³-hybridized carbons (Fsp3) is 0.100. The largest absolute Gasteiger partial charge is 0.367 e. The molecule has 0 aliphatic rings. The zero-order chi connectivity index (χ0) is 11.5. The Morgan fingerprint density at radius 2 is 2.25 bits per heavy atom. The average Bonchev–Trinajstić information content (AvgIpc) is 2.86. The molecule has 0 saturated heterocycles. The van der Waals surface area contributed by atoms with Gasteiger partial charge in [0.2, 0.25) is 0 Å². The highest BCUT2D eigenvalue weighted by Gasteiger charge is 2.10. The zero-order valence-corrected chi connectivity index (χ0v) is 9.69. The van der Waals surface area contributed by atoms with Crippen LogP contribution in [-0.4, -0.2) is 15.9 Å². The van der Waals surface area contributed by atoms with E-state index >= 15 is 0 Å². The van der Waals surface area contributed by atoms with Crippen molar-refractivity contribution < 1.29 is 4.79 Å². The molecule has 3 N–H and O–H groups in total. The molecule has 16 heavy (non-hydrogen) atoms. The van der Waals surface area contributed by atoms with Crippen LogP contribution in [0.15, 0.2) is 24.5 Å². The molecule has 0 unspecified atom stereocenters. The van der Waals surface area contributed by atoms with Gasteiger partial charge in [0.1, 0.15) is 10.8 Å². The van der Waals surface area contributed by atoms with Gasteiger partial charge >= 0.3 is 0 Å². The van der Waals surface area contributed by atoms with Crippen molar-refractivity contribution in [1.29, 1.82) is 0 Å². The third-order valence-electron chi connectivity index (χ3n) is 2.09. The van der Waals surface area contributed by atoms with Gasteiger partial charge in [-0.2, -0.15) is 0 Å². The predicted molar refractivity (Wildman–Crippen MR) is 62.8 cm³/mol. The van der Waals surface area contributed by atoms with Crippen LogP contribution >= 0.6 is 23.2 Å². The number of amides is 1. The number of H-pyrrole nitrogens is 2.